The first kappa shape index (κ1) is 10.7. The van der Waals surface area contributed by atoms with Gasteiger partial charge in [-0.05, 0) is 11.6 Å². The minimum Gasteiger partial charge on any atom is -0.351 e. The first-order valence-corrected chi connectivity index (χ1v) is 4.19. The Balaban J connectivity index is 2.77. The van der Waals surface area contributed by atoms with Crippen LogP contribution < -0.4 is 10.8 Å². The van der Waals surface area contributed by atoms with Gasteiger partial charge in [-0.2, -0.15) is 15.0 Å². The van der Waals surface area contributed by atoms with Gasteiger partial charge < -0.3 is 5.32 Å². The van der Waals surface area contributed by atoms with Crippen LogP contribution in [0.25, 0.3) is 0 Å². The molecular weight excluding hydrogens is 206 g/mol. The number of rotatable bonds is 5. The van der Waals surface area contributed by atoms with E-state index in [1.807, 2.05) is 0 Å². The molecule has 0 saturated carbocycles. The molecule has 14 heavy (non-hydrogen) atoms. The number of halogens is 1. The van der Waals surface area contributed by atoms with Gasteiger partial charge >= 0.3 is 0 Å². The van der Waals surface area contributed by atoms with Gasteiger partial charge in [-0.3, -0.25) is 4.84 Å². The minimum atomic E-state index is 0.0890. The second-order valence-corrected chi connectivity index (χ2v) is 2.57. The monoisotopic (exact) mass is 215 g/mol. The molecule has 0 bridgehead atoms. The van der Waals surface area contributed by atoms with Gasteiger partial charge in [0.15, 0.2) is 0 Å². The number of nitrogens with one attached hydrogen (secondary N) is 2. The first-order chi connectivity index (χ1) is 6.76. The Hall–Kier alpha value is -1.40. The van der Waals surface area contributed by atoms with E-state index in [1.165, 1.54) is 7.11 Å². The highest BCUT2D eigenvalue weighted by Crippen LogP contribution is 2.08. The average molecular weight is 216 g/mol. The van der Waals surface area contributed by atoms with Gasteiger partial charge in [0.05, 0.1) is 7.11 Å². The van der Waals surface area contributed by atoms with Crippen molar-refractivity contribution >= 4 is 23.5 Å². The van der Waals surface area contributed by atoms with E-state index in [0.717, 1.165) is 0 Å². The molecule has 1 aromatic heterocycles. The quantitative estimate of drug-likeness (QED) is 0.566. The maximum absolute atomic E-state index is 5.64. The normalized spacial score (nSPS) is 9.57. The summed E-state index contributed by atoms with van der Waals surface area (Å²) in [7, 11) is 1.45. The highest BCUT2D eigenvalue weighted by Gasteiger charge is 2.02. The molecule has 1 aromatic rings. The molecule has 0 amide bonds. The molecule has 0 radical (unpaired) electrons. The Morgan fingerprint density at radius 2 is 2.14 bits per heavy atom. The Labute approximate surface area is 86.3 Å². The van der Waals surface area contributed by atoms with Crippen molar-refractivity contribution in [2.75, 3.05) is 24.5 Å². The van der Waals surface area contributed by atoms with Gasteiger partial charge in [0.1, 0.15) is 0 Å². The minimum absolute atomic E-state index is 0.0890. The topological polar surface area (TPSA) is 72.0 Å². The molecule has 76 valence electrons. The molecule has 0 aliphatic heterocycles. The Bertz CT molecular complexity index is 319. The van der Waals surface area contributed by atoms with E-state index in [4.69, 9.17) is 11.6 Å². The zero-order valence-corrected chi connectivity index (χ0v) is 8.38. The zero-order chi connectivity index (χ0) is 10.4. The molecule has 0 atom stereocenters. The van der Waals surface area contributed by atoms with Crippen molar-refractivity contribution in [2.24, 2.45) is 0 Å². The zero-order valence-electron chi connectivity index (χ0n) is 7.62. The summed E-state index contributed by atoms with van der Waals surface area (Å²) in [5, 5.41) is 2.96. The SMILES string of the molecule is C=CCNc1nc(Cl)nc(NOC)n1. The highest BCUT2D eigenvalue weighted by atomic mass is 35.5. The van der Waals surface area contributed by atoms with Crippen LogP contribution in [0.3, 0.4) is 0 Å². The van der Waals surface area contributed by atoms with Crippen molar-refractivity contribution < 1.29 is 4.84 Å². The highest BCUT2D eigenvalue weighted by molar-refractivity contribution is 6.28. The summed E-state index contributed by atoms with van der Waals surface area (Å²) in [6.07, 6.45) is 1.68. The van der Waals surface area contributed by atoms with E-state index in [-0.39, 0.29) is 11.2 Å². The molecular formula is C7H10ClN5O. The Kier molecular flexibility index (Phi) is 4.09. The van der Waals surface area contributed by atoms with Crippen LogP contribution in [-0.4, -0.2) is 28.6 Å². The van der Waals surface area contributed by atoms with E-state index in [2.05, 4.69) is 37.2 Å². The maximum atomic E-state index is 5.64. The van der Waals surface area contributed by atoms with Gasteiger partial charge in [-0.1, -0.05) is 6.08 Å². The van der Waals surface area contributed by atoms with Crippen molar-refractivity contribution in [3.8, 4) is 0 Å². The van der Waals surface area contributed by atoms with Crippen LogP contribution in [0.4, 0.5) is 11.9 Å². The molecule has 0 aliphatic carbocycles. The third-order valence-corrected chi connectivity index (χ3v) is 1.38. The molecule has 6 nitrogen and oxygen atoms in total. The summed E-state index contributed by atoms with van der Waals surface area (Å²) in [5.41, 5.74) is 2.45. The summed E-state index contributed by atoms with van der Waals surface area (Å²) in [4.78, 5) is 16.2. The van der Waals surface area contributed by atoms with Crippen LogP contribution in [-0.2, 0) is 4.84 Å². The van der Waals surface area contributed by atoms with Crippen molar-refractivity contribution in [1.82, 2.24) is 15.0 Å². The molecule has 0 aliphatic rings. The van der Waals surface area contributed by atoms with E-state index in [0.29, 0.717) is 12.5 Å². The molecule has 0 spiro atoms. The second-order valence-electron chi connectivity index (χ2n) is 2.23. The Morgan fingerprint density at radius 3 is 2.79 bits per heavy atom. The standard InChI is InChI=1S/C7H10ClN5O/c1-3-4-9-6-10-5(8)11-7(12-6)13-14-2/h3H,1,4H2,2H3,(H2,9,10,11,12,13). The van der Waals surface area contributed by atoms with Crippen molar-refractivity contribution in [2.45, 2.75) is 0 Å². The average Bonchev–Trinajstić information content (AvgIpc) is 2.14. The molecule has 0 aromatic carbocycles. The van der Waals surface area contributed by atoms with Crippen LogP contribution in [0.2, 0.25) is 5.28 Å². The number of nitrogens with zero attached hydrogens (tertiary/aromatic N) is 3. The summed E-state index contributed by atoms with van der Waals surface area (Å²) in [5.74, 6) is 0.614. The lowest BCUT2D eigenvalue weighted by Crippen LogP contribution is -2.08. The van der Waals surface area contributed by atoms with Gasteiger partial charge in [0.2, 0.25) is 11.2 Å². The maximum Gasteiger partial charge on any atom is 0.253 e. The summed E-state index contributed by atoms with van der Waals surface area (Å²) >= 11 is 5.64. The van der Waals surface area contributed by atoms with Gasteiger partial charge in [-0.25, -0.2) is 5.48 Å². The Morgan fingerprint density at radius 1 is 1.43 bits per heavy atom. The van der Waals surface area contributed by atoms with Crippen LogP contribution in [0.1, 0.15) is 0 Å². The molecule has 1 rings (SSSR count). The third kappa shape index (κ3) is 3.15. The van der Waals surface area contributed by atoms with Gasteiger partial charge in [0.25, 0.3) is 5.95 Å². The summed E-state index contributed by atoms with van der Waals surface area (Å²) in [6, 6.07) is 0. The number of aromatic nitrogens is 3. The predicted octanol–water partition coefficient (Wildman–Crippen LogP) is 1.10. The van der Waals surface area contributed by atoms with Crippen molar-refractivity contribution in [3.05, 3.63) is 17.9 Å². The lowest BCUT2D eigenvalue weighted by molar-refractivity contribution is 0.267. The molecule has 0 saturated heterocycles. The lowest BCUT2D eigenvalue weighted by atomic mass is 10.6. The smallest absolute Gasteiger partial charge is 0.253 e. The molecule has 0 fully saturated rings. The second kappa shape index (κ2) is 5.36. The van der Waals surface area contributed by atoms with E-state index >= 15 is 0 Å². The third-order valence-electron chi connectivity index (χ3n) is 1.21. The van der Waals surface area contributed by atoms with E-state index < -0.39 is 0 Å². The summed E-state index contributed by atoms with van der Waals surface area (Å²) < 4.78 is 0. The molecule has 1 heterocycles. The first-order valence-electron chi connectivity index (χ1n) is 3.81. The predicted molar refractivity (Wildman–Crippen MR) is 54.2 cm³/mol. The number of hydrogen-bond acceptors (Lipinski definition) is 6. The fourth-order valence-electron chi connectivity index (χ4n) is 0.730. The van der Waals surface area contributed by atoms with Crippen LogP contribution >= 0.6 is 11.6 Å². The molecule has 7 heteroatoms. The van der Waals surface area contributed by atoms with Crippen LogP contribution in [0, 0.1) is 0 Å². The van der Waals surface area contributed by atoms with E-state index in [1.54, 1.807) is 6.08 Å². The lowest BCUT2D eigenvalue weighted by Gasteiger charge is -2.04. The van der Waals surface area contributed by atoms with Crippen LogP contribution in [0.15, 0.2) is 12.7 Å². The van der Waals surface area contributed by atoms with Crippen molar-refractivity contribution in [1.29, 1.82) is 0 Å². The fraction of sp³-hybridized carbons (Fsp3) is 0.286. The molecule has 2 N–H and O–H groups in total. The van der Waals surface area contributed by atoms with Gasteiger partial charge in [0, 0.05) is 6.54 Å². The fourth-order valence-corrected chi connectivity index (χ4v) is 0.890. The largest absolute Gasteiger partial charge is 0.351 e. The van der Waals surface area contributed by atoms with Crippen molar-refractivity contribution in [3.63, 3.8) is 0 Å². The summed E-state index contributed by atoms with van der Waals surface area (Å²) in [6.45, 7) is 4.10. The molecule has 0 unspecified atom stereocenters. The van der Waals surface area contributed by atoms with Crippen LogP contribution in [0.5, 0.6) is 0 Å². The van der Waals surface area contributed by atoms with E-state index in [9.17, 15) is 0 Å². The number of anilines is 2. The number of hydrogen-bond donors (Lipinski definition) is 2. The van der Waals surface area contributed by atoms with Gasteiger partial charge in [-0.15, -0.1) is 6.58 Å².